The molecule has 2 N–H and O–H groups in total. The van der Waals surface area contributed by atoms with Gasteiger partial charge in [-0.15, -0.1) is 0 Å². The zero-order valence-corrected chi connectivity index (χ0v) is 10.6. The van der Waals surface area contributed by atoms with E-state index in [-0.39, 0.29) is 17.2 Å². The fourth-order valence-corrected chi connectivity index (χ4v) is 2.24. The molecule has 0 bridgehead atoms. The van der Waals surface area contributed by atoms with Gasteiger partial charge in [0.15, 0.2) is 0 Å². The predicted molar refractivity (Wildman–Crippen MR) is 71.0 cm³/mol. The molecule has 1 aliphatic rings. The molecule has 2 rings (SSSR count). The van der Waals surface area contributed by atoms with Crippen LogP contribution < -0.4 is 10.6 Å². The molecular formula is C13H17N3O3. The normalized spacial score (nSPS) is 16.0. The third kappa shape index (κ3) is 3.51. The highest BCUT2D eigenvalue weighted by Crippen LogP contribution is 2.17. The van der Waals surface area contributed by atoms with Crippen LogP contribution in [0.1, 0.15) is 23.2 Å². The van der Waals surface area contributed by atoms with Gasteiger partial charge in [-0.2, -0.15) is 0 Å². The second kappa shape index (κ2) is 6.29. The van der Waals surface area contributed by atoms with Gasteiger partial charge in [-0.25, -0.2) is 0 Å². The molecule has 0 radical (unpaired) electrons. The summed E-state index contributed by atoms with van der Waals surface area (Å²) in [6.45, 7) is 2.50. The number of nitrogens with one attached hydrogen (secondary N) is 2. The minimum Gasteiger partial charge on any atom is -0.352 e. The Morgan fingerprint density at radius 1 is 1.37 bits per heavy atom. The fourth-order valence-electron chi connectivity index (χ4n) is 2.24. The number of amides is 1. The first-order valence-corrected chi connectivity index (χ1v) is 6.41. The van der Waals surface area contributed by atoms with Crippen molar-refractivity contribution in [3.05, 3.63) is 39.9 Å². The number of benzene rings is 1. The molecule has 0 spiro atoms. The van der Waals surface area contributed by atoms with Gasteiger partial charge in [-0.3, -0.25) is 14.9 Å². The van der Waals surface area contributed by atoms with Crippen molar-refractivity contribution in [1.82, 2.24) is 10.6 Å². The summed E-state index contributed by atoms with van der Waals surface area (Å²) in [4.78, 5) is 22.3. The van der Waals surface area contributed by atoms with E-state index in [0.29, 0.717) is 12.5 Å². The standard InChI is InChI=1S/C13H17N3O3/c17-13(15-9-10-5-7-14-8-6-10)11-3-1-2-4-12(11)16(18)19/h1-4,10,14H,5-9H2,(H,15,17). The molecule has 102 valence electrons. The van der Waals surface area contributed by atoms with E-state index in [0.717, 1.165) is 25.9 Å². The largest absolute Gasteiger partial charge is 0.352 e. The molecule has 1 amide bonds. The van der Waals surface area contributed by atoms with Crippen LogP contribution in [0.15, 0.2) is 24.3 Å². The minimum absolute atomic E-state index is 0.126. The molecule has 1 aromatic rings. The first-order chi connectivity index (χ1) is 9.18. The molecule has 1 fully saturated rings. The molecule has 1 aromatic carbocycles. The summed E-state index contributed by atoms with van der Waals surface area (Å²) < 4.78 is 0. The number of para-hydroxylation sites is 1. The number of piperidine rings is 1. The predicted octanol–water partition coefficient (Wildman–Crippen LogP) is 1.32. The molecule has 0 aromatic heterocycles. The van der Waals surface area contributed by atoms with Gasteiger partial charge in [0, 0.05) is 12.6 Å². The van der Waals surface area contributed by atoms with Crippen molar-refractivity contribution >= 4 is 11.6 Å². The average Bonchev–Trinajstić information content (AvgIpc) is 2.46. The number of nitro groups is 1. The lowest BCUT2D eigenvalue weighted by Crippen LogP contribution is -2.36. The van der Waals surface area contributed by atoms with Gasteiger partial charge in [-0.05, 0) is 37.9 Å². The third-order valence-corrected chi connectivity index (χ3v) is 3.36. The molecule has 1 heterocycles. The van der Waals surface area contributed by atoms with E-state index in [9.17, 15) is 14.9 Å². The third-order valence-electron chi connectivity index (χ3n) is 3.36. The van der Waals surface area contributed by atoms with Crippen LogP contribution in [0.5, 0.6) is 0 Å². The number of carbonyl (C=O) groups is 1. The second-order valence-corrected chi connectivity index (χ2v) is 4.68. The monoisotopic (exact) mass is 263 g/mol. The maximum atomic E-state index is 12.0. The molecule has 0 saturated carbocycles. The number of rotatable bonds is 4. The van der Waals surface area contributed by atoms with Gasteiger partial charge in [0.2, 0.25) is 0 Å². The van der Waals surface area contributed by atoms with Gasteiger partial charge in [0.1, 0.15) is 5.56 Å². The molecule has 0 aliphatic carbocycles. The van der Waals surface area contributed by atoms with Crippen LogP contribution in [-0.2, 0) is 0 Å². The Kier molecular flexibility index (Phi) is 4.46. The molecule has 1 aliphatic heterocycles. The number of hydrogen-bond donors (Lipinski definition) is 2. The summed E-state index contributed by atoms with van der Waals surface area (Å²) in [5.74, 6) is 0.0822. The Hall–Kier alpha value is -1.95. The van der Waals surface area contributed by atoms with E-state index in [4.69, 9.17) is 0 Å². The van der Waals surface area contributed by atoms with Crippen molar-refractivity contribution in [3.8, 4) is 0 Å². The van der Waals surface area contributed by atoms with Gasteiger partial charge >= 0.3 is 0 Å². The Bertz CT molecular complexity index is 470. The lowest BCUT2D eigenvalue weighted by atomic mass is 9.98. The number of nitrogens with zero attached hydrogens (tertiary/aromatic N) is 1. The maximum Gasteiger partial charge on any atom is 0.282 e. The molecule has 0 atom stereocenters. The van der Waals surface area contributed by atoms with E-state index in [1.807, 2.05) is 0 Å². The second-order valence-electron chi connectivity index (χ2n) is 4.68. The van der Waals surface area contributed by atoms with Gasteiger partial charge in [0.05, 0.1) is 4.92 Å². The van der Waals surface area contributed by atoms with E-state index in [1.165, 1.54) is 12.1 Å². The highest BCUT2D eigenvalue weighted by atomic mass is 16.6. The van der Waals surface area contributed by atoms with Crippen molar-refractivity contribution in [2.75, 3.05) is 19.6 Å². The summed E-state index contributed by atoms with van der Waals surface area (Å²) in [7, 11) is 0. The van der Waals surface area contributed by atoms with Crippen molar-refractivity contribution in [2.24, 2.45) is 5.92 Å². The van der Waals surface area contributed by atoms with E-state index in [1.54, 1.807) is 12.1 Å². The summed E-state index contributed by atoms with van der Waals surface area (Å²) in [6, 6.07) is 6.02. The highest BCUT2D eigenvalue weighted by Gasteiger charge is 2.20. The number of hydrogen-bond acceptors (Lipinski definition) is 4. The van der Waals surface area contributed by atoms with Crippen LogP contribution in [-0.4, -0.2) is 30.5 Å². The summed E-state index contributed by atoms with van der Waals surface area (Å²) in [5.41, 5.74) is -0.0215. The highest BCUT2D eigenvalue weighted by molar-refractivity contribution is 5.98. The molecule has 1 saturated heterocycles. The van der Waals surface area contributed by atoms with Crippen LogP contribution in [0.4, 0.5) is 5.69 Å². The Morgan fingerprint density at radius 2 is 2.05 bits per heavy atom. The lowest BCUT2D eigenvalue weighted by Gasteiger charge is -2.22. The molecule has 0 unspecified atom stereocenters. The summed E-state index contributed by atoms with van der Waals surface area (Å²) in [6.07, 6.45) is 2.05. The SMILES string of the molecule is O=C(NCC1CCNCC1)c1ccccc1[N+](=O)[O-]. The smallest absolute Gasteiger partial charge is 0.282 e. The van der Waals surface area contributed by atoms with E-state index in [2.05, 4.69) is 10.6 Å². The van der Waals surface area contributed by atoms with Crippen LogP contribution in [0.2, 0.25) is 0 Å². The molecule has 19 heavy (non-hydrogen) atoms. The molecule has 6 heteroatoms. The lowest BCUT2D eigenvalue weighted by molar-refractivity contribution is -0.385. The van der Waals surface area contributed by atoms with Crippen molar-refractivity contribution in [3.63, 3.8) is 0 Å². The van der Waals surface area contributed by atoms with Crippen LogP contribution in [0.3, 0.4) is 0 Å². The zero-order valence-electron chi connectivity index (χ0n) is 10.6. The first-order valence-electron chi connectivity index (χ1n) is 6.41. The molecule has 6 nitrogen and oxygen atoms in total. The maximum absolute atomic E-state index is 12.0. The van der Waals surface area contributed by atoms with Crippen molar-refractivity contribution < 1.29 is 9.72 Å². The van der Waals surface area contributed by atoms with Crippen LogP contribution >= 0.6 is 0 Å². The van der Waals surface area contributed by atoms with E-state index < -0.39 is 4.92 Å². The van der Waals surface area contributed by atoms with Crippen LogP contribution in [0.25, 0.3) is 0 Å². The first kappa shape index (κ1) is 13.5. The van der Waals surface area contributed by atoms with Crippen molar-refractivity contribution in [2.45, 2.75) is 12.8 Å². The van der Waals surface area contributed by atoms with Crippen LogP contribution in [0, 0.1) is 16.0 Å². The van der Waals surface area contributed by atoms with Gasteiger partial charge in [0.25, 0.3) is 11.6 Å². The number of carbonyl (C=O) groups excluding carboxylic acids is 1. The quantitative estimate of drug-likeness (QED) is 0.634. The topological polar surface area (TPSA) is 84.3 Å². The minimum atomic E-state index is -0.528. The van der Waals surface area contributed by atoms with Gasteiger partial charge < -0.3 is 10.6 Å². The summed E-state index contributed by atoms with van der Waals surface area (Å²) >= 11 is 0. The Labute approximate surface area is 111 Å². The molecular weight excluding hydrogens is 246 g/mol. The fraction of sp³-hybridized carbons (Fsp3) is 0.462. The van der Waals surface area contributed by atoms with E-state index >= 15 is 0 Å². The Balaban J connectivity index is 1.97. The number of nitro benzene ring substituents is 1. The zero-order chi connectivity index (χ0) is 13.7. The van der Waals surface area contributed by atoms with Crippen molar-refractivity contribution in [1.29, 1.82) is 0 Å². The van der Waals surface area contributed by atoms with Gasteiger partial charge in [-0.1, -0.05) is 12.1 Å². The average molecular weight is 263 g/mol. The Morgan fingerprint density at radius 3 is 2.74 bits per heavy atom. The summed E-state index contributed by atoms with van der Waals surface area (Å²) in [5, 5.41) is 16.9.